The fraction of sp³-hybridized carbons (Fsp3) is 0.219. The van der Waals surface area contributed by atoms with Gasteiger partial charge < -0.3 is 19.1 Å². The summed E-state index contributed by atoms with van der Waals surface area (Å²) in [5.41, 5.74) is 1.15. The predicted octanol–water partition coefficient (Wildman–Crippen LogP) is 6.62. The molecule has 1 aliphatic heterocycles. The van der Waals surface area contributed by atoms with E-state index in [9.17, 15) is 18.7 Å². The molecule has 0 bridgehead atoms. The van der Waals surface area contributed by atoms with E-state index in [2.05, 4.69) is 9.97 Å². The zero-order chi connectivity index (χ0) is 30.2. The van der Waals surface area contributed by atoms with Gasteiger partial charge in [0.1, 0.15) is 35.7 Å². The number of hydrogen-bond acceptors (Lipinski definition) is 5. The molecule has 0 unspecified atom stereocenters. The Kier molecular flexibility index (Phi) is 7.57. The van der Waals surface area contributed by atoms with Crippen molar-refractivity contribution >= 4 is 17.0 Å². The van der Waals surface area contributed by atoms with Crippen LogP contribution in [0.5, 0.6) is 5.88 Å². The van der Waals surface area contributed by atoms with Gasteiger partial charge in [-0.25, -0.2) is 32.3 Å². The van der Waals surface area contributed by atoms with Crippen molar-refractivity contribution in [3.05, 3.63) is 112 Å². The summed E-state index contributed by atoms with van der Waals surface area (Å²) in [7, 11) is 0. The van der Waals surface area contributed by atoms with Crippen LogP contribution in [0.1, 0.15) is 39.3 Å². The quantitative estimate of drug-likeness (QED) is 0.194. The Morgan fingerprint density at radius 1 is 0.977 bits per heavy atom. The van der Waals surface area contributed by atoms with Gasteiger partial charge in [0.05, 0.1) is 34.9 Å². The molecule has 3 aromatic carbocycles. The number of carboxylic acid groups (broad SMARTS) is 1. The summed E-state index contributed by atoms with van der Waals surface area (Å²) in [6.07, 6.45) is 0.452. The SMILES string of the molecule is Cc1ccc(COc2cccc(-c3cc(F)c(Cc4nc5cc(F)c(C(=O)O)cc5n4C[C@@H]4CCO4)cc3F)n2)c(F)c1. The van der Waals surface area contributed by atoms with Crippen molar-refractivity contribution in [2.24, 2.45) is 0 Å². The summed E-state index contributed by atoms with van der Waals surface area (Å²) in [4.78, 5) is 20.2. The maximum absolute atomic E-state index is 15.4. The number of carbonyl (C=O) groups is 1. The van der Waals surface area contributed by atoms with Crippen LogP contribution in [0.2, 0.25) is 0 Å². The molecular weight excluding hydrogens is 566 g/mol. The van der Waals surface area contributed by atoms with E-state index in [0.717, 1.165) is 30.2 Å². The number of halogens is 4. The first kappa shape index (κ1) is 28.4. The molecule has 0 spiro atoms. The maximum Gasteiger partial charge on any atom is 0.338 e. The summed E-state index contributed by atoms with van der Waals surface area (Å²) in [6, 6.07) is 13.7. The van der Waals surface area contributed by atoms with Gasteiger partial charge in [-0.2, -0.15) is 0 Å². The van der Waals surface area contributed by atoms with Crippen molar-refractivity contribution in [2.45, 2.75) is 39.0 Å². The highest BCUT2D eigenvalue weighted by Gasteiger charge is 2.25. The van der Waals surface area contributed by atoms with Crippen molar-refractivity contribution in [3.8, 4) is 17.1 Å². The molecule has 2 aromatic heterocycles. The first-order valence-corrected chi connectivity index (χ1v) is 13.5. The fourth-order valence-electron chi connectivity index (χ4n) is 4.99. The molecule has 220 valence electrons. The van der Waals surface area contributed by atoms with Crippen LogP contribution in [-0.4, -0.2) is 38.3 Å². The van der Waals surface area contributed by atoms with E-state index in [1.54, 1.807) is 29.7 Å². The molecule has 1 N–H and O–H groups in total. The van der Waals surface area contributed by atoms with Gasteiger partial charge in [0.2, 0.25) is 5.88 Å². The molecule has 0 radical (unpaired) electrons. The van der Waals surface area contributed by atoms with Crippen molar-refractivity contribution < 1.29 is 36.9 Å². The minimum absolute atomic E-state index is 0.00600. The number of hydrogen-bond donors (Lipinski definition) is 1. The second-order valence-electron chi connectivity index (χ2n) is 10.4. The summed E-state index contributed by atoms with van der Waals surface area (Å²) in [5, 5.41) is 9.39. The number of ether oxygens (including phenoxy) is 2. The standard InChI is InChI=1S/C32H25F4N3O4/c1-17-5-6-18(23(33)9-17)16-43-31-4-2-3-27(38-31)21-12-24(34)19(10-25(21)35)11-30-37-28-14-26(36)22(32(40)41)13-29(28)39(30)15-20-7-8-42-20/h2-6,9-10,12-14,20H,7-8,11,15-16H2,1H3,(H,40,41)/t20-/m0/s1. The highest BCUT2D eigenvalue weighted by atomic mass is 19.1. The van der Waals surface area contributed by atoms with Gasteiger partial charge in [-0.3, -0.25) is 0 Å². The summed E-state index contributed by atoms with van der Waals surface area (Å²) in [6.45, 7) is 2.55. The summed E-state index contributed by atoms with van der Waals surface area (Å²) < 4.78 is 72.2. The van der Waals surface area contributed by atoms with Crippen LogP contribution in [0.3, 0.4) is 0 Å². The van der Waals surface area contributed by atoms with Crippen LogP contribution in [0.25, 0.3) is 22.3 Å². The number of aromatic carboxylic acids is 1. The second-order valence-corrected chi connectivity index (χ2v) is 10.4. The van der Waals surface area contributed by atoms with Crippen LogP contribution in [0.4, 0.5) is 17.6 Å². The largest absolute Gasteiger partial charge is 0.478 e. The average Bonchev–Trinajstić information content (AvgIpc) is 3.26. The Morgan fingerprint density at radius 3 is 2.49 bits per heavy atom. The van der Waals surface area contributed by atoms with Crippen molar-refractivity contribution in [1.82, 2.24) is 14.5 Å². The van der Waals surface area contributed by atoms with Gasteiger partial charge in [-0.05, 0) is 54.8 Å². The highest BCUT2D eigenvalue weighted by Crippen LogP contribution is 2.29. The first-order valence-electron chi connectivity index (χ1n) is 13.5. The molecule has 0 aliphatic carbocycles. The summed E-state index contributed by atoms with van der Waals surface area (Å²) >= 11 is 0. The molecule has 0 saturated carbocycles. The zero-order valence-electron chi connectivity index (χ0n) is 22.9. The third-order valence-electron chi connectivity index (χ3n) is 7.39. The molecule has 43 heavy (non-hydrogen) atoms. The van der Waals surface area contributed by atoms with E-state index in [4.69, 9.17) is 9.47 Å². The second kappa shape index (κ2) is 11.5. The number of imidazole rings is 1. The Labute approximate surface area is 243 Å². The van der Waals surface area contributed by atoms with E-state index in [-0.39, 0.29) is 47.3 Å². The molecule has 5 aromatic rings. The van der Waals surface area contributed by atoms with Crippen molar-refractivity contribution in [1.29, 1.82) is 0 Å². The lowest BCUT2D eigenvalue weighted by Crippen LogP contribution is -2.31. The molecule has 3 heterocycles. The van der Waals surface area contributed by atoms with Gasteiger partial charge >= 0.3 is 5.97 Å². The average molecular weight is 592 g/mol. The van der Waals surface area contributed by atoms with Gasteiger partial charge in [0.25, 0.3) is 0 Å². The monoisotopic (exact) mass is 591 g/mol. The Morgan fingerprint density at radius 2 is 1.77 bits per heavy atom. The predicted molar refractivity (Wildman–Crippen MR) is 149 cm³/mol. The molecule has 1 fully saturated rings. The van der Waals surface area contributed by atoms with Crippen LogP contribution >= 0.6 is 0 Å². The Balaban J connectivity index is 1.28. The van der Waals surface area contributed by atoms with E-state index in [0.29, 0.717) is 30.1 Å². The number of nitrogens with zero attached hydrogens (tertiary/aromatic N) is 3. The van der Waals surface area contributed by atoms with Crippen molar-refractivity contribution in [2.75, 3.05) is 6.61 Å². The zero-order valence-corrected chi connectivity index (χ0v) is 22.9. The van der Waals surface area contributed by atoms with Gasteiger partial charge in [0.15, 0.2) is 0 Å². The third-order valence-corrected chi connectivity index (χ3v) is 7.39. The molecule has 6 rings (SSSR count). The molecule has 1 saturated heterocycles. The smallest absolute Gasteiger partial charge is 0.338 e. The molecule has 0 amide bonds. The van der Waals surface area contributed by atoms with E-state index in [1.165, 1.54) is 24.3 Å². The molecular formula is C32H25F4N3O4. The molecule has 7 nitrogen and oxygen atoms in total. The van der Waals surface area contributed by atoms with Crippen molar-refractivity contribution in [3.63, 3.8) is 0 Å². The number of pyridine rings is 1. The topological polar surface area (TPSA) is 86.5 Å². The fourth-order valence-corrected chi connectivity index (χ4v) is 4.99. The lowest BCUT2D eigenvalue weighted by Gasteiger charge is -2.27. The number of fused-ring (bicyclic) bond motifs is 1. The van der Waals surface area contributed by atoms with Crippen LogP contribution < -0.4 is 4.74 Å². The van der Waals surface area contributed by atoms with Crippen LogP contribution in [-0.2, 0) is 24.3 Å². The number of carboxylic acids is 1. The lowest BCUT2D eigenvalue weighted by molar-refractivity contribution is -0.0589. The van der Waals surface area contributed by atoms with Gasteiger partial charge in [-0.1, -0.05) is 18.2 Å². The highest BCUT2D eigenvalue weighted by molar-refractivity contribution is 5.93. The normalized spacial score (nSPS) is 14.6. The Bertz CT molecular complexity index is 1870. The lowest BCUT2D eigenvalue weighted by atomic mass is 10.0. The molecule has 1 atom stereocenters. The first-order chi connectivity index (χ1) is 20.7. The van der Waals surface area contributed by atoms with Crippen LogP contribution in [0, 0.1) is 30.2 Å². The molecule has 1 aliphatic rings. The van der Waals surface area contributed by atoms with Gasteiger partial charge in [0, 0.05) is 36.3 Å². The Hall–Kier alpha value is -4.77. The third kappa shape index (κ3) is 5.80. The van der Waals surface area contributed by atoms with E-state index >= 15 is 8.78 Å². The number of aryl methyl sites for hydroxylation is 1. The minimum atomic E-state index is -1.43. The van der Waals surface area contributed by atoms with Gasteiger partial charge in [-0.15, -0.1) is 0 Å². The summed E-state index contributed by atoms with van der Waals surface area (Å²) in [5.74, 6) is -3.84. The number of rotatable bonds is 9. The number of aromatic nitrogens is 3. The van der Waals surface area contributed by atoms with E-state index < -0.39 is 34.8 Å². The van der Waals surface area contributed by atoms with E-state index in [1.807, 2.05) is 0 Å². The maximum atomic E-state index is 15.4. The molecule has 11 heteroatoms. The number of benzene rings is 3. The minimum Gasteiger partial charge on any atom is -0.478 e. The van der Waals surface area contributed by atoms with Crippen LogP contribution in [0.15, 0.2) is 60.7 Å².